The quantitative estimate of drug-likeness (QED) is 0.677. The van der Waals surface area contributed by atoms with E-state index in [1.807, 2.05) is 0 Å². The van der Waals surface area contributed by atoms with Crippen molar-refractivity contribution in [3.05, 3.63) is 12.1 Å². The zero-order chi connectivity index (χ0) is 12.2. The predicted octanol–water partition coefficient (Wildman–Crippen LogP) is 0.919. The van der Waals surface area contributed by atoms with Gasteiger partial charge in [0, 0.05) is 6.61 Å². The van der Waals surface area contributed by atoms with Gasteiger partial charge in [0.1, 0.15) is 0 Å². The molecule has 2 unspecified atom stereocenters. The smallest absolute Gasteiger partial charge is 0.445 e. The molecule has 1 aliphatic rings. The van der Waals surface area contributed by atoms with Crippen molar-refractivity contribution in [2.24, 2.45) is 5.92 Å². The Labute approximate surface area is 144 Å². The van der Waals surface area contributed by atoms with E-state index < -0.39 is 12.4 Å². The number of rotatable bonds is 5. The van der Waals surface area contributed by atoms with Crippen LogP contribution >= 0.6 is 0 Å². The van der Waals surface area contributed by atoms with Crippen LogP contribution in [-0.4, -0.2) is 19.7 Å². The van der Waals surface area contributed by atoms with Crippen molar-refractivity contribution >= 4 is 6.98 Å². The van der Waals surface area contributed by atoms with E-state index in [0.717, 1.165) is 25.7 Å². The van der Waals surface area contributed by atoms with Crippen molar-refractivity contribution in [3.63, 3.8) is 0 Å². The van der Waals surface area contributed by atoms with E-state index in [1.165, 1.54) is 6.42 Å². The maximum Gasteiger partial charge on any atom is 1.00 e. The van der Waals surface area contributed by atoms with E-state index in [0.29, 0.717) is 5.92 Å². The van der Waals surface area contributed by atoms with Crippen LogP contribution in [0.2, 0.25) is 0 Å². The van der Waals surface area contributed by atoms with Crippen LogP contribution in [0.25, 0.3) is 0 Å². The summed E-state index contributed by atoms with van der Waals surface area (Å²) >= 11 is 0. The van der Waals surface area contributed by atoms with Gasteiger partial charge in [-0.2, -0.15) is 0 Å². The Balaban J connectivity index is 0.00000256. The minimum atomic E-state index is -4.94. The van der Waals surface area contributed by atoms with Crippen molar-refractivity contribution in [2.75, 3.05) is 6.61 Å². The van der Waals surface area contributed by atoms with Gasteiger partial charge in [0.25, 0.3) is 0 Å². The minimum absolute atomic E-state index is 0. The van der Waals surface area contributed by atoms with Crippen molar-refractivity contribution in [3.8, 4) is 0 Å². The Morgan fingerprint density at radius 1 is 1.35 bits per heavy atom. The molecule has 94 valence electrons. The van der Waals surface area contributed by atoms with Gasteiger partial charge in [-0.15, -0.1) is 12.1 Å². The summed E-state index contributed by atoms with van der Waals surface area (Å²) in [6.45, 7) is -0.150. The van der Waals surface area contributed by atoms with Crippen LogP contribution in [0.15, 0.2) is 12.1 Å². The summed E-state index contributed by atoms with van der Waals surface area (Å²) in [5, 5.41) is 0. The Morgan fingerprint density at radius 2 is 2.00 bits per heavy atom. The first kappa shape index (κ1) is 18.2. The summed E-state index contributed by atoms with van der Waals surface area (Å²) in [5.41, 5.74) is -0.723. The second-order valence-electron chi connectivity index (χ2n) is 4.61. The van der Waals surface area contributed by atoms with Gasteiger partial charge in [0.15, 0.2) is 0 Å². The van der Waals surface area contributed by atoms with Crippen LogP contribution in [0.1, 0.15) is 39.0 Å². The molecule has 17 heavy (non-hydrogen) atoms. The van der Waals surface area contributed by atoms with Crippen molar-refractivity contribution in [1.29, 1.82) is 0 Å². The van der Waals surface area contributed by atoms with E-state index in [2.05, 4.69) is 13.5 Å². The van der Waals surface area contributed by atoms with Gasteiger partial charge in [0.2, 0.25) is 0 Å². The Hall–Kier alpha value is 1.19. The number of ether oxygens (including phenoxy) is 1. The third kappa shape index (κ3) is 6.78. The standard InChI is InChI=1S/C11H19BF3O.K/c1-3-10-5-4-6-11(7-10)16-8-9(2)12(13,14)15;/h10-11H,2-8H2,1H3;/q-1;+1. The van der Waals surface area contributed by atoms with Crippen LogP contribution in [0.5, 0.6) is 0 Å². The van der Waals surface area contributed by atoms with E-state index in [9.17, 15) is 12.9 Å². The molecule has 1 nitrogen and oxygen atoms in total. The molecule has 0 spiro atoms. The van der Waals surface area contributed by atoms with E-state index in [-0.39, 0.29) is 64.1 Å². The van der Waals surface area contributed by atoms with Crippen LogP contribution in [0.3, 0.4) is 0 Å². The fraction of sp³-hybridized carbons (Fsp3) is 0.818. The first-order valence-electron chi connectivity index (χ1n) is 5.92. The Bertz CT molecular complexity index is 245. The van der Waals surface area contributed by atoms with Crippen LogP contribution in [0, 0.1) is 5.92 Å². The summed E-state index contributed by atoms with van der Waals surface area (Å²) in [6, 6.07) is 0. The molecule has 0 aromatic carbocycles. The van der Waals surface area contributed by atoms with Gasteiger partial charge in [0.05, 0.1) is 6.10 Å². The first-order chi connectivity index (χ1) is 7.43. The molecule has 0 saturated heterocycles. The normalized spacial score (nSPS) is 25.2. The maximum atomic E-state index is 12.2. The SMILES string of the molecule is C=C(COC1CCCC(CC)C1)[B-](F)(F)F.[K+]. The van der Waals surface area contributed by atoms with Gasteiger partial charge in [-0.25, -0.2) is 0 Å². The van der Waals surface area contributed by atoms with Crippen LogP contribution in [-0.2, 0) is 4.74 Å². The Morgan fingerprint density at radius 3 is 2.53 bits per heavy atom. The second kappa shape index (κ2) is 8.38. The van der Waals surface area contributed by atoms with Crippen molar-refractivity contribution < 1.29 is 69.1 Å². The van der Waals surface area contributed by atoms with Crippen LogP contribution in [0.4, 0.5) is 12.9 Å². The molecule has 0 radical (unpaired) electrons. The first-order valence-corrected chi connectivity index (χ1v) is 5.92. The summed E-state index contributed by atoms with van der Waals surface area (Å²) < 4.78 is 42.0. The molecule has 2 atom stereocenters. The minimum Gasteiger partial charge on any atom is -0.445 e. The molecule has 1 saturated carbocycles. The van der Waals surface area contributed by atoms with E-state index in [1.54, 1.807) is 0 Å². The number of halogens is 3. The molecule has 0 N–H and O–H groups in total. The molecule has 1 aliphatic carbocycles. The fourth-order valence-electron chi connectivity index (χ4n) is 2.08. The van der Waals surface area contributed by atoms with Crippen molar-refractivity contribution in [2.45, 2.75) is 45.1 Å². The van der Waals surface area contributed by atoms with Gasteiger partial charge >= 0.3 is 58.4 Å². The van der Waals surface area contributed by atoms with Gasteiger partial charge in [-0.05, 0) is 18.8 Å². The van der Waals surface area contributed by atoms with Gasteiger partial charge < -0.3 is 17.7 Å². The molecule has 0 aromatic heterocycles. The molecule has 0 heterocycles. The maximum absolute atomic E-state index is 12.2. The zero-order valence-electron chi connectivity index (χ0n) is 10.7. The zero-order valence-corrected chi connectivity index (χ0v) is 13.8. The molecule has 6 heteroatoms. The largest absolute Gasteiger partial charge is 1.00 e. The van der Waals surface area contributed by atoms with Crippen molar-refractivity contribution in [1.82, 2.24) is 0 Å². The molecule has 0 amide bonds. The summed E-state index contributed by atoms with van der Waals surface area (Å²) in [4.78, 5) is 0. The summed E-state index contributed by atoms with van der Waals surface area (Å²) in [7, 11) is 0. The van der Waals surface area contributed by atoms with Crippen LogP contribution < -0.4 is 51.4 Å². The van der Waals surface area contributed by atoms with Gasteiger partial charge in [-0.1, -0.05) is 26.2 Å². The topological polar surface area (TPSA) is 9.23 Å². The average molecular weight is 274 g/mol. The molecule has 1 fully saturated rings. The number of hydrogen-bond acceptors (Lipinski definition) is 1. The van der Waals surface area contributed by atoms with Gasteiger partial charge in [-0.3, -0.25) is 0 Å². The molecular weight excluding hydrogens is 255 g/mol. The fourth-order valence-corrected chi connectivity index (χ4v) is 2.08. The number of hydrogen-bond donors (Lipinski definition) is 0. The van der Waals surface area contributed by atoms with E-state index >= 15 is 0 Å². The Kier molecular flexibility index (Phi) is 8.97. The monoisotopic (exact) mass is 274 g/mol. The predicted molar refractivity (Wildman–Crippen MR) is 60.2 cm³/mol. The molecule has 0 aromatic rings. The van der Waals surface area contributed by atoms with E-state index in [4.69, 9.17) is 4.74 Å². The second-order valence-corrected chi connectivity index (χ2v) is 4.61. The summed E-state index contributed by atoms with van der Waals surface area (Å²) in [6.07, 6.45) is 5.11. The molecular formula is C11H19BF3KO. The summed E-state index contributed by atoms with van der Waals surface area (Å²) in [5.74, 6) is 0.614. The molecule has 0 bridgehead atoms. The molecule has 0 aliphatic heterocycles. The average Bonchev–Trinajstić information content (AvgIpc) is 2.25. The molecule has 1 rings (SSSR count). The third-order valence-electron chi connectivity index (χ3n) is 3.28. The third-order valence-corrected chi connectivity index (χ3v) is 3.28.